The Hall–Kier alpha value is -2.10. The van der Waals surface area contributed by atoms with E-state index in [0.717, 1.165) is 5.56 Å². The van der Waals surface area contributed by atoms with Crippen LogP contribution in [0.25, 0.3) is 0 Å². The Kier molecular flexibility index (Phi) is 4.27. The molecule has 0 aliphatic heterocycles. The van der Waals surface area contributed by atoms with Crippen molar-refractivity contribution in [3.8, 4) is 0 Å². The molecule has 1 amide bonds. The molecule has 1 rings (SSSR count). The normalized spacial score (nSPS) is 11.6. The van der Waals surface area contributed by atoms with Gasteiger partial charge in [-0.05, 0) is 12.5 Å². The lowest BCUT2D eigenvalue weighted by molar-refractivity contribution is -0.119. The lowest BCUT2D eigenvalue weighted by Crippen LogP contribution is -2.24. The van der Waals surface area contributed by atoms with Crippen LogP contribution in [0, 0.1) is 0 Å². The minimum Gasteiger partial charge on any atom is -0.400 e. The predicted molar refractivity (Wildman–Crippen MR) is 61.0 cm³/mol. The molecule has 0 heterocycles. The molecule has 16 heavy (non-hydrogen) atoms. The average molecular weight is 218 g/mol. The van der Waals surface area contributed by atoms with Gasteiger partial charge in [0.2, 0.25) is 6.41 Å². The Bertz CT molecular complexity index is 395. The van der Waals surface area contributed by atoms with Gasteiger partial charge in [-0.3, -0.25) is 9.59 Å². The highest BCUT2D eigenvalue weighted by Crippen LogP contribution is 2.09. The van der Waals surface area contributed by atoms with Crippen LogP contribution in [0.1, 0.15) is 12.5 Å². The van der Waals surface area contributed by atoms with Crippen molar-refractivity contribution >= 4 is 12.7 Å². The van der Waals surface area contributed by atoms with Gasteiger partial charge in [0.25, 0.3) is 0 Å². The van der Waals surface area contributed by atoms with Gasteiger partial charge in [-0.15, -0.1) is 0 Å². The smallest absolute Gasteiger partial charge is 0.214 e. The number of nitrogens with two attached hydrogens (primary N) is 1. The minimum atomic E-state index is 0.207. The number of amides is 1. The van der Waals surface area contributed by atoms with E-state index in [9.17, 15) is 9.59 Å². The maximum Gasteiger partial charge on any atom is 0.214 e. The molecule has 4 nitrogen and oxygen atoms in total. The van der Waals surface area contributed by atoms with Crippen LogP contribution in [-0.2, 0) is 16.1 Å². The van der Waals surface area contributed by atoms with Crippen LogP contribution >= 0.6 is 0 Å². The van der Waals surface area contributed by atoms with E-state index in [2.05, 4.69) is 0 Å². The summed E-state index contributed by atoms with van der Waals surface area (Å²) >= 11 is 0. The van der Waals surface area contributed by atoms with Gasteiger partial charge < -0.3 is 10.6 Å². The van der Waals surface area contributed by atoms with Gasteiger partial charge >= 0.3 is 0 Å². The quantitative estimate of drug-likeness (QED) is 0.593. The van der Waals surface area contributed by atoms with E-state index < -0.39 is 0 Å². The maximum absolute atomic E-state index is 10.9. The SMILES string of the molecule is C/C(N)=C(/C=O)N(C=O)Cc1ccccc1. The first-order valence-corrected chi connectivity index (χ1v) is 4.86. The highest BCUT2D eigenvalue weighted by molar-refractivity contribution is 5.77. The van der Waals surface area contributed by atoms with Crippen molar-refractivity contribution < 1.29 is 9.59 Å². The first-order valence-electron chi connectivity index (χ1n) is 4.86. The molecule has 1 aromatic carbocycles. The first kappa shape index (κ1) is 12.0. The fourth-order valence-electron chi connectivity index (χ4n) is 1.35. The zero-order valence-electron chi connectivity index (χ0n) is 9.09. The van der Waals surface area contributed by atoms with Gasteiger partial charge in [-0.25, -0.2) is 0 Å². The molecule has 4 heteroatoms. The molecule has 0 aromatic heterocycles. The Labute approximate surface area is 94.4 Å². The number of rotatable bonds is 5. The van der Waals surface area contributed by atoms with Crippen molar-refractivity contribution in [3.05, 3.63) is 47.3 Å². The molecule has 0 fully saturated rings. The third kappa shape index (κ3) is 2.95. The highest BCUT2D eigenvalue weighted by Gasteiger charge is 2.10. The summed E-state index contributed by atoms with van der Waals surface area (Å²) in [6, 6.07) is 9.39. The van der Waals surface area contributed by atoms with Crippen LogP contribution in [0.2, 0.25) is 0 Å². The maximum atomic E-state index is 10.9. The summed E-state index contributed by atoms with van der Waals surface area (Å²) in [5.74, 6) is 0. The Morgan fingerprint density at radius 2 is 1.94 bits per heavy atom. The first-order chi connectivity index (χ1) is 7.69. The fourth-order valence-corrected chi connectivity index (χ4v) is 1.35. The predicted octanol–water partition coefficient (Wildman–Crippen LogP) is 1.03. The van der Waals surface area contributed by atoms with Gasteiger partial charge in [-0.2, -0.15) is 0 Å². The third-order valence-corrected chi connectivity index (χ3v) is 2.15. The van der Waals surface area contributed by atoms with Crippen molar-refractivity contribution in [1.29, 1.82) is 0 Å². The van der Waals surface area contributed by atoms with Crippen molar-refractivity contribution in [1.82, 2.24) is 4.90 Å². The summed E-state index contributed by atoms with van der Waals surface area (Å²) in [6.07, 6.45) is 1.19. The Balaban J connectivity index is 2.89. The number of carbonyl (C=O) groups is 2. The minimum absolute atomic E-state index is 0.207. The van der Waals surface area contributed by atoms with Crippen LogP contribution in [-0.4, -0.2) is 17.6 Å². The van der Waals surface area contributed by atoms with E-state index in [1.807, 2.05) is 30.3 Å². The molecule has 0 unspecified atom stereocenters. The molecule has 0 spiro atoms. The van der Waals surface area contributed by atoms with Crippen LogP contribution in [0.15, 0.2) is 41.7 Å². The summed E-state index contributed by atoms with van der Waals surface area (Å²) < 4.78 is 0. The number of hydrogen-bond acceptors (Lipinski definition) is 3. The summed E-state index contributed by atoms with van der Waals surface area (Å²) in [6.45, 7) is 1.93. The fraction of sp³-hybridized carbons (Fsp3) is 0.167. The Morgan fingerprint density at radius 3 is 2.38 bits per heavy atom. The Morgan fingerprint density at radius 1 is 1.31 bits per heavy atom. The van der Waals surface area contributed by atoms with Crippen LogP contribution in [0.4, 0.5) is 0 Å². The molecule has 0 aliphatic carbocycles. The number of hydrogen-bond donors (Lipinski definition) is 1. The molecule has 0 aliphatic rings. The number of nitrogens with zero attached hydrogens (tertiary/aromatic N) is 1. The standard InChI is InChI=1S/C12H14N2O2/c1-10(13)12(8-15)14(9-16)7-11-5-3-2-4-6-11/h2-6,8-9H,7,13H2,1H3/b12-10+. The molecular formula is C12H14N2O2. The summed E-state index contributed by atoms with van der Waals surface area (Å²) in [4.78, 5) is 23.0. The van der Waals surface area contributed by atoms with E-state index in [1.165, 1.54) is 4.90 Å². The third-order valence-electron chi connectivity index (χ3n) is 2.15. The molecule has 84 valence electrons. The van der Waals surface area contributed by atoms with Crippen molar-refractivity contribution in [2.24, 2.45) is 5.73 Å². The van der Waals surface area contributed by atoms with Crippen molar-refractivity contribution in [2.75, 3.05) is 0 Å². The largest absolute Gasteiger partial charge is 0.400 e. The highest BCUT2D eigenvalue weighted by atomic mass is 16.1. The molecule has 0 atom stereocenters. The second-order valence-corrected chi connectivity index (χ2v) is 3.41. The van der Waals surface area contributed by atoms with Gasteiger partial charge in [0.15, 0.2) is 6.29 Å². The van der Waals surface area contributed by atoms with Gasteiger partial charge in [0, 0.05) is 5.70 Å². The van der Waals surface area contributed by atoms with Crippen LogP contribution in [0.3, 0.4) is 0 Å². The van der Waals surface area contributed by atoms with Gasteiger partial charge in [0.05, 0.1) is 6.54 Å². The summed E-state index contributed by atoms with van der Waals surface area (Å²) in [5, 5.41) is 0. The number of benzene rings is 1. The van der Waals surface area contributed by atoms with Gasteiger partial charge in [0.1, 0.15) is 5.70 Å². The van der Waals surface area contributed by atoms with E-state index in [-0.39, 0.29) is 5.70 Å². The van der Waals surface area contributed by atoms with Crippen molar-refractivity contribution in [3.63, 3.8) is 0 Å². The van der Waals surface area contributed by atoms with E-state index >= 15 is 0 Å². The number of allylic oxidation sites excluding steroid dienone is 2. The van der Waals surface area contributed by atoms with E-state index in [0.29, 0.717) is 24.9 Å². The molecule has 1 aromatic rings. The number of carbonyl (C=O) groups excluding carboxylic acids is 2. The second kappa shape index (κ2) is 5.70. The molecule has 0 saturated heterocycles. The summed E-state index contributed by atoms with van der Waals surface area (Å²) in [5.41, 5.74) is 7.00. The zero-order chi connectivity index (χ0) is 12.0. The lowest BCUT2D eigenvalue weighted by atomic mass is 10.2. The molecule has 0 saturated carbocycles. The second-order valence-electron chi connectivity index (χ2n) is 3.41. The van der Waals surface area contributed by atoms with Crippen LogP contribution < -0.4 is 5.73 Å². The van der Waals surface area contributed by atoms with Crippen molar-refractivity contribution in [2.45, 2.75) is 13.5 Å². The molecule has 2 N–H and O–H groups in total. The molecule has 0 radical (unpaired) electrons. The van der Waals surface area contributed by atoms with E-state index in [4.69, 9.17) is 5.73 Å². The van der Waals surface area contributed by atoms with Crippen LogP contribution in [0.5, 0.6) is 0 Å². The summed E-state index contributed by atoms with van der Waals surface area (Å²) in [7, 11) is 0. The average Bonchev–Trinajstić information content (AvgIpc) is 2.29. The lowest BCUT2D eigenvalue weighted by Gasteiger charge is -2.18. The molecular weight excluding hydrogens is 204 g/mol. The molecule has 0 bridgehead atoms. The monoisotopic (exact) mass is 218 g/mol. The zero-order valence-corrected chi connectivity index (χ0v) is 9.09. The topological polar surface area (TPSA) is 63.4 Å². The number of aldehydes is 1. The van der Waals surface area contributed by atoms with Gasteiger partial charge in [-0.1, -0.05) is 30.3 Å². The van der Waals surface area contributed by atoms with E-state index in [1.54, 1.807) is 6.92 Å².